The SMILES string of the molecule is O=C(NC(c1ccccn1)C1CCN(Cc2ccc(F)c(F)c2)CC1)c1cccs1. The Kier molecular flexibility index (Phi) is 6.50. The molecule has 4 nitrogen and oxygen atoms in total. The Morgan fingerprint density at radius 1 is 1.13 bits per heavy atom. The summed E-state index contributed by atoms with van der Waals surface area (Å²) < 4.78 is 26.6. The Bertz CT molecular complexity index is 973. The molecule has 1 aromatic carbocycles. The van der Waals surface area contributed by atoms with Gasteiger partial charge in [0.05, 0.1) is 16.6 Å². The highest BCUT2D eigenvalue weighted by atomic mass is 32.1. The normalized spacial score (nSPS) is 16.3. The van der Waals surface area contributed by atoms with Crippen molar-refractivity contribution in [2.24, 2.45) is 5.92 Å². The molecule has 4 rings (SSSR count). The van der Waals surface area contributed by atoms with Crippen molar-refractivity contribution in [3.05, 3.63) is 87.9 Å². The van der Waals surface area contributed by atoms with Gasteiger partial charge in [-0.05, 0) is 73.1 Å². The molecule has 1 aliphatic heterocycles. The molecule has 0 bridgehead atoms. The van der Waals surface area contributed by atoms with Gasteiger partial charge in [0, 0.05) is 12.7 Å². The van der Waals surface area contributed by atoms with E-state index in [2.05, 4.69) is 15.2 Å². The molecule has 7 heteroatoms. The summed E-state index contributed by atoms with van der Waals surface area (Å²) in [4.78, 5) is 20.1. The number of hydrogen-bond donors (Lipinski definition) is 1. The zero-order valence-electron chi connectivity index (χ0n) is 16.4. The molecule has 30 heavy (non-hydrogen) atoms. The number of piperidine rings is 1. The van der Waals surface area contributed by atoms with Gasteiger partial charge in [0.2, 0.25) is 0 Å². The lowest BCUT2D eigenvalue weighted by Crippen LogP contribution is -2.40. The van der Waals surface area contributed by atoms with Crippen LogP contribution in [0.25, 0.3) is 0 Å². The first-order valence-corrected chi connectivity index (χ1v) is 10.9. The van der Waals surface area contributed by atoms with E-state index in [4.69, 9.17) is 0 Å². The third-order valence-corrected chi connectivity index (χ3v) is 6.40. The van der Waals surface area contributed by atoms with E-state index in [1.807, 2.05) is 35.7 Å². The van der Waals surface area contributed by atoms with E-state index in [1.165, 1.54) is 23.5 Å². The Balaban J connectivity index is 1.42. The average molecular weight is 428 g/mol. The highest BCUT2D eigenvalue weighted by molar-refractivity contribution is 7.12. The summed E-state index contributed by atoms with van der Waals surface area (Å²) in [6, 6.07) is 13.3. The standard InChI is InChI=1S/C23H23F2N3OS/c24-18-7-6-16(14-19(18)25)15-28-11-8-17(9-12-28)22(20-4-1-2-10-26-20)27-23(29)21-5-3-13-30-21/h1-7,10,13-14,17,22H,8-9,11-12,15H2,(H,27,29). The second-order valence-electron chi connectivity index (χ2n) is 7.55. The molecule has 2 aromatic heterocycles. The van der Waals surface area contributed by atoms with Crippen LogP contribution in [0.15, 0.2) is 60.1 Å². The first-order valence-electron chi connectivity index (χ1n) is 10.0. The summed E-state index contributed by atoms with van der Waals surface area (Å²) in [6.07, 6.45) is 3.52. The van der Waals surface area contributed by atoms with Crippen LogP contribution < -0.4 is 5.32 Å². The lowest BCUT2D eigenvalue weighted by atomic mass is 9.87. The van der Waals surface area contributed by atoms with Crippen LogP contribution in [0.2, 0.25) is 0 Å². The van der Waals surface area contributed by atoms with Crippen molar-refractivity contribution in [1.29, 1.82) is 0 Å². The number of halogens is 2. The third-order valence-electron chi connectivity index (χ3n) is 5.53. The second kappa shape index (κ2) is 9.45. The number of carbonyl (C=O) groups is 1. The summed E-state index contributed by atoms with van der Waals surface area (Å²) >= 11 is 1.42. The van der Waals surface area contributed by atoms with Crippen LogP contribution in [0.3, 0.4) is 0 Å². The number of nitrogens with zero attached hydrogens (tertiary/aromatic N) is 2. The van der Waals surface area contributed by atoms with Crippen LogP contribution in [-0.2, 0) is 6.54 Å². The summed E-state index contributed by atoms with van der Waals surface area (Å²) in [5.74, 6) is -1.46. The molecular formula is C23H23F2N3OS. The fraction of sp³-hybridized carbons (Fsp3) is 0.304. The van der Waals surface area contributed by atoms with Crippen LogP contribution in [0.5, 0.6) is 0 Å². The number of amides is 1. The first kappa shape index (κ1) is 20.6. The third kappa shape index (κ3) is 4.91. The lowest BCUT2D eigenvalue weighted by Gasteiger charge is -2.36. The smallest absolute Gasteiger partial charge is 0.261 e. The van der Waals surface area contributed by atoms with Gasteiger partial charge in [-0.25, -0.2) is 8.78 Å². The quantitative estimate of drug-likeness (QED) is 0.614. The summed E-state index contributed by atoms with van der Waals surface area (Å²) in [7, 11) is 0. The Morgan fingerprint density at radius 2 is 1.97 bits per heavy atom. The molecule has 1 atom stereocenters. The summed E-state index contributed by atoms with van der Waals surface area (Å²) in [6.45, 7) is 2.23. The number of benzene rings is 1. The first-order chi connectivity index (χ1) is 14.6. The summed E-state index contributed by atoms with van der Waals surface area (Å²) in [5, 5.41) is 5.07. The van der Waals surface area contributed by atoms with Gasteiger partial charge >= 0.3 is 0 Å². The minimum atomic E-state index is -0.822. The van der Waals surface area contributed by atoms with E-state index in [1.54, 1.807) is 12.3 Å². The molecule has 0 saturated carbocycles. The van der Waals surface area contributed by atoms with E-state index in [0.29, 0.717) is 11.4 Å². The number of carbonyl (C=O) groups excluding carboxylic acids is 1. The molecule has 3 aromatic rings. The van der Waals surface area contributed by atoms with Crippen molar-refractivity contribution in [2.75, 3.05) is 13.1 Å². The maximum atomic E-state index is 13.5. The van der Waals surface area contributed by atoms with Crippen LogP contribution in [0.1, 0.15) is 39.8 Å². The molecule has 1 saturated heterocycles. The van der Waals surface area contributed by atoms with Crippen molar-refractivity contribution >= 4 is 17.2 Å². The number of hydrogen-bond acceptors (Lipinski definition) is 4. The van der Waals surface area contributed by atoms with Crippen LogP contribution in [-0.4, -0.2) is 28.9 Å². The number of nitrogens with one attached hydrogen (secondary N) is 1. The van der Waals surface area contributed by atoms with Crippen molar-refractivity contribution in [1.82, 2.24) is 15.2 Å². The van der Waals surface area contributed by atoms with Gasteiger partial charge in [-0.15, -0.1) is 11.3 Å². The number of thiophene rings is 1. The van der Waals surface area contributed by atoms with E-state index in [0.717, 1.165) is 37.2 Å². The molecule has 0 aliphatic carbocycles. The molecule has 1 unspecified atom stereocenters. The van der Waals surface area contributed by atoms with Gasteiger partial charge in [0.25, 0.3) is 5.91 Å². The fourth-order valence-electron chi connectivity index (χ4n) is 3.95. The summed E-state index contributed by atoms with van der Waals surface area (Å²) in [5.41, 5.74) is 1.63. The monoisotopic (exact) mass is 427 g/mol. The number of likely N-dealkylation sites (tertiary alicyclic amines) is 1. The van der Waals surface area contributed by atoms with E-state index in [9.17, 15) is 13.6 Å². The maximum Gasteiger partial charge on any atom is 0.261 e. The topological polar surface area (TPSA) is 45.2 Å². The van der Waals surface area contributed by atoms with Crippen molar-refractivity contribution in [2.45, 2.75) is 25.4 Å². The van der Waals surface area contributed by atoms with Crippen LogP contribution in [0.4, 0.5) is 8.78 Å². The predicted octanol–water partition coefficient (Wildman–Crippen LogP) is 4.80. The zero-order valence-corrected chi connectivity index (χ0v) is 17.2. The average Bonchev–Trinajstić information content (AvgIpc) is 3.31. The lowest BCUT2D eigenvalue weighted by molar-refractivity contribution is 0.0892. The van der Waals surface area contributed by atoms with Crippen molar-refractivity contribution in [3.8, 4) is 0 Å². The Labute approximate surface area is 178 Å². The fourth-order valence-corrected chi connectivity index (χ4v) is 4.58. The molecule has 1 amide bonds. The van der Waals surface area contributed by atoms with Crippen molar-refractivity contribution < 1.29 is 13.6 Å². The highest BCUT2D eigenvalue weighted by Gasteiger charge is 2.30. The maximum absolute atomic E-state index is 13.5. The number of pyridine rings is 1. The van der Waals surface area contributed by atoms with E-state index >= 15 is 0 Å². The Hall–Kier alpha value is -2.64. The molecule has 0 radical (unpaired) electrons. The highest BCUT2D eigenvalue weighted by Crippen LogP contribution is 2.31. The van der Waals surface area contributed by atoms with Gasteiger partial charge in [-0.1, -0.05) is 18.2 Å². The van der Waals surface area contributed by atoms with E-state index < -0.39 is 11.6 Å². The molecule has 0 spiro atoms. The second-order valence-corrected chi connectivity index (χ2v) is 8.49. The molecule has 3 heterocycles. The molecular weight excluding hydrogens is 404 g/mol. The van der Waals surface area contributed by atoms with Crippen LogP contribution >= 0.6 is 11.3 Å². The zero-order chi connectivity index (χ0) is 20.9. The van der Waals surface area contributed by atoms with Crippen LogP contribution in [0, 0.1) is 17.6 Å². The minimum Gasteiger partial charge on any atom is -0.343 e. The minimum absolute atomic E-state index is 0.0788. The number of aromatic nitrogens is 1. The molecule has 1 N–H and O–H groups in total. The van der Waals surface area contributed by atoms with Gasteiger partial charge < -0.3 is 5.32 Å². The van der Waals surface area contributed by atoms with E-state index in [-0.39, 0.29) is 17.9 Å². The Morgan fingerprint density at radius 3 is 2.63 bits per heavy atom. The predicted molar refractivity (Wildman–Crippen MR) is 113 cm³/mol. The molecule has 1 aliphatic rings. The van der Waals surface area contributed by atoms with Gasteiger partial charge in [0.15, 0.2) is 11.6 Å². The van der Waals surface area contributed by atoms with Crippen molar-refractivity contribution in [3.63, 3.8) is 0 Å². The molecule has 156 valence electrons. The van der Waals surface area contributed by atoms with Gasteiger partial charge in [-0.2, -0.15) is 0 Å². The van der Waals surface area contributed by atoms with Gasteiger partial charge in [-0.3, -0.25) is 14.7 Å². The largest absolute Gasteiger partial charge is 0.343 e. The van der Waals surface area contributed by atoms with Gasteiger partial charge in [0.1, 0.15) is 0 Å². The molecule has 1 fully saturated rings. The number of rotatable bonds is 6.